The summed E-state index contributed by atoms with van der Waals surface area (Å²) < 4.78 is 38.7. The van der Waals surface area contributed by atoms with Crippen LogP contribution in [0.1, 0.15) is 28.4 Å². The van der Waals surface area contributed by atoms with Crippen molar-refractivity contribution >= 4 is 44.9 Å². The Morgan fingerprint density at radius 3 is 2.25 bits per heavy atom. The first-order chi connectivity index (χ1) is 17.1. The molecule has 1 N–H and O–H groups in total. The van der Waals surface area contributed by atoms with Crippen LogP contribution >= 0.6 is 11.6 Å². The van der Waals surface area contributed by atoms with Crippen LogP contribution in [0.25, 0.3) is 0 Å². The van der Waals surface area contributed by atoms with Crippen molar-refractivity contribution in [3.63, 3.8) is 0 Å². The summed E-state index contributed by atoms with van der Waals surface area (Å²) >= 11 is 6.27. The van der Waals surface area contributed by atoms with Crippen LogP contribution in [0.3, 0.4) is 0 Å². The molecule has 0 saturated heterocycles. The molecule has 8 nitrogen and oxygen atoms in total. The van der Waals surface area contributed by atoms with Crippen molar-refractivity contribution in [1.82, 2.24) is 0 Å². The molecule has 3 rings (SSSR count). The highest BCUT2D eigenvalue weighted by Gasteiger charge is 2.30. The molecule has 3 aromatic rings. The van der Waals surface area contributed by atoms with Gasteiger partial charge in [0.25, 0.3) is 10.0 Å². The van der Waals surface area contributed by atoms with Crippen molar-refractivity contribution < 1.29 is 27.5 Å². The van der Waals surface area contributed by atoms with Crippen LogP contribution in [0, 0.1) is 13.8 Å². The molecule has 0 aliphatic carbocycles. The van der Waals surface area contributed by atoms with E-state index < -0.39 is 28.4 Å². The Bertz CT molecular complexity index is 1370. The molecule has 0 atom stereocenters. The molecule has 0 aliphatic rings. The van der Waals surface area contributed by atoms with Gasteiger partial charge < -0.3 is 14.8 Å². The normalized spacial score (nSPS) is 11.0. The van der Waals surface area contributed by atoms with E-state index in [0.717, 1.165) is 15.4 Å². The molecule has 0 unspecified atom stereocenters. The molecule has 0 fully saturated rings. The van der Waals surface area contributed by atoms with Gasteiger partial charge in [-0.2, -0.15) is 0 Å². The monoisotopic (exact) mass is 530 g/mol. The minimum Gasteiger partial charge on any atom is -0.495 e. The summed E-state index contributed by atoms with van der Waals surface area (Å²) in [4.78, 5) is 25.0. The van der Waals surface area contributed by atoms with Crippen LogP contribution in [0.2, 0.25) is 5.02 Å². The molecule has 0 bridgehead atoms. The third-order valence-corrected chi connectivity index (χ3v) is 7.34. The maximum Gasteiger partial charge on any atom is 0.338 e. The second kappa shape index (κ2) is 11.5. The third-order valence-electron chi connectivity index (χ3n) is 5.25. The number of amides is 1. The standard InChI is InChI=1S/C26H27ClN2O6S/c1-5-35-26(31)19-9-12-22(21(27)15-19)28-25(30)16-29(23-14-18(3)8-13-24(23)34-4)36(32,33)20-10-6-17(2)7-11-20/h6-15H,5,16H2,1-4H3,(H,28,30). The van der Waals surface area contributed by atoms with Gasteiger partial charge >= 0.3 is 5.97 Å². The Hall–Kier alpha value is -3.56. The van der Waals surface area contributed by atoms with Crippen molar-refractivity contribution in [1.29, 1.82) is 0 Å². The number of esters is 1. The lowest BCUT2D eigenvalue weighted by Crippen LogP contribution is -2.38. The number of nitrogens with zero attached hydrogens (tertiary/aromatic N) is 1. The van der Waals surface area contributed by atoms with Gasteiger partial charge in [-0.05, 0) is 68.8 Å². The number of carbonyl (C=O) groups excluding carboxylic acids is 2. The summed E-state index contributed by atoms with van der Waals surface area (Å²) in [6.45, 7) is 5.01. The van der Waals surface area contributed by atoms with E-state index in [0.29, 0.717) is 5.75 Å². The number of anilines is 2. The number of benzene rings is 3. The predicted octanol–water partition coefficient (Wildman–Crippen LogP) is 4.98. The lowest BCUT2D eigenvalue weighted by Gasteiger charge is -2.26. The van der Waals surface area contributed by atoms with Crippen molar-refractivity contribution in [3.05, 3.63) is 82.4 Å². The van der Waals surface area contributed by atoms with Crippen LogP contribution in [0.15, 0.2) is 65.6 Å². The van der Waals surface area contributed by atoms with E-state index in [-0.39, 0.29) is 33.5 Å². The topological polar surface area (TPSA) is 102 Å². The van der Waals surface area contributed by atoms with Crippen molar-refractivity contribution in [2.45, 2.75) is 25.7 Å². The third kappa shape index (κ3) is 6.16. The largest absolute Gasteiger partial charge is 0.495 e. The second-order valence-electron chi connectivity index (χ2n) is 7.96. The van der Waals surface area contributed by atoms with Crippen LogP contribution in [-0.2, 0) is 19.6 Å². The first-order valence-corrected chi connectivity index (χ1v) is 12.9. The molecular formula is C26H27ClN2O6S. The summed E-state index contributed by atoms with van der Waals surface area (Å²) in [7, 11) is -2.72. The fourth-order valence-electron chi connectivity index (χ4n) is 3.41. The Labute approximate surface area is 215 Å². The lowest BCUT2D eigenvalue weighted by atomic mass is 10.2. The number of sulfonamides is 1. The SMILES string of the molecule is CCOC(=O)c1ccc(NC(=O)CN(c2cc(C)ccc2OC)S(=O)(=O)c2ccc(C)cc2)c(Cl)c1. The first-order valence-electron chi connectivity index (χ1n) is 11.1. The van der Waals surface area contributed by atoms with Crippen LogP contribution in [0.5, 0.6) is 5.75 Å². The number of methoxy groups -OCH3 is 1. The predicted molar refractivity (Wildman–Crippen MR) is 139 cm³/mol. The smallest absolute Gasteiger partial charge is 0.338 e. The number of hydrogen-bond acceptors (Lipinski definition) is 6. The number of ether oxygens (including phenoxy) is 2. The van der Waals surface area contributed by atoms with Crippen molar-refractivity contribution in [2.24, 2.45) is 0 Å². The molecule has 3 aromatic carbocycles. The zero-order chi connectivity index (χ0) is 26.5. The van der Waals surface area contributed by atoms with E-state index in [9.17, 15) is 18.0 Å². The molecule has 1 amide bonds. The Balaban J connectivity index is 1.96. The van der Waals surface area contributed by atoms with Crippen LogP contribution in [-0.4, -0.2) is 40.6 Å². The zero-order valence-electron chi connectivity index (χ0n) is 20.4. The average Bonchev–Trinajstić information content (AvgIpc) is 2.84. The summed E-state index contributed by atoms with van der Waals surface area (Å²) in [6, 6.07) is 15.7. The zero-order valence-corrected chi connectivity index (χ0v) is 21.9. The van der Waals surface area contributed by atoms with Gasteiger partial charge in [0, 0.05) is 0 Å². The molecule has 0 aliphatic heterocycles. The highest BCUT2D eigenvalue weighted by Crippen LogP contribution is 2.34. The molecule has 0 radical (unpaired) electrons. The van der Waals surface area contributed by atoms with E-state index >= 15 is 0 Å². The van der Waals surface area contributed by atoms with E-state index in [1.165, 1.54) is 37.4 Å². The molecule has 0 spiro atoms. The van der Waals surface area contributed by atoms with Crippen LogP contribution < -0.4 is 14.4 Å². The van der Waals surface area contributed by atoms with E-state index in [1.54, 1.807) is 37.3 Å². The van der Waals surface area contributed by atoms with Gasteiger partial charge in [-0.3, -0.25) is 9.10 Å². The van der Waals surface area contributed by atoms with Crippen molar-refractivity contribution in [3.8, 4) is 5.75 Å². The molecular weight excluding hydrogens is 504 g/mol. The van der Waals surface area contributed by atoms with E-state index in [2.05, 4.69) is 5.32 Å². The Morgan fingerprint density at radius 1 is 0.972 bits per heavy atom. The molecule has 0 saturated carbocycles. The van der Waals surface area contributed by atoms with Gasteiger partial charge in [0.1, 0.15) is 12.3 Å². The molecule has 0 heterocycles. The summed E-state index contributed by atoms with van der Waals surface area (Å²) in [5.41, 5.74) is 2.35. The number of rotatable bonds is 9. The highest BCUT2D eigenvalue weighted by atomic mass is 35.5. The number of aryl methyl sites for hydroxylation is 2. The first kappa shape index (κ1) is 27.0. The maximum atomic E-state index is 13.7. The van der Waals surface area contributed by atoms with Crippen LogP contribution in [0.4, 0.5) is 11.4 Å². The molecule has 0 aromatic heterocycles. The minimum atomic E-state index is -4.14. The number of hydrogen-bond donors (Lipinski definition) is 1. The Morgan fingerprint density at radius 2 is 1.64 bits per heavy atom. The molecule has 36 heavy (non-hydrogen) atoms. The number of nitrogens with one attached hydrogen (secondary N) is 1. The average molecular weight is 531 g/mol. The Kier molecular flexibility index (Phi) is 8.60. The van der Waals surface area contributed by atoms with E-state index in [1.807, 2.05) is 13.8 Å². The van der Waals surface area contributed by atoms with Gasteiger partial charge in [-0.25, -0.2) is 13.2 Å². The molecule has 190 valence electrons. The quantitative estimate of drug-likeness (QED) is 0.392. The highest BCUT2D eigenvalue weighted by molar-refractivity contribution is 7.92. The van der Waals surface area contributed by atoms with Gasteiger partial charge in [0.2, 0.25) is 5.91 Å². The lowest BCUT2D eigenvalue weighted by molar-refractivity contribution is -0.114. The minimum absolute atomic E-state index is 0.0290. The second-order valence-corrected chi connectivity index (χ2v) is 10.2. The van der Waals surface area contributed by atoms with E-state index in [4.69, 9.17) is 21.1 Å². The number of carbonyl (C=O) groups is 2. The van der Waals surface area contributed by atoms with Gasteiger partial charge in [-0.15, -0.1) is 0 Å². The fourth-order valence-corrected chi connectivity index (χ4v) is 5.06. The van der Waals surface area contributed by atoms with Gasteiger partial charge in [0.15, 0.2) is 0 Å². The maximum absolute atomic E-state index is 13.7. The fraction of sp³-hybridized carbons (Fsp3) is 0.231. The number of halogens is 1. The summed E-state index contributed by atoms with van der Waals surface area (Å²) in [5.74, 6) is -0.889. The van der Waals surface area contributed by atoms with Crippen molar-refractivity contribution in [2.75, 3.05) is 29.9 Å². The summed E-state index contributed by atoms with van der Waals surface area (Å²) in [6.07, 6.45) is 0. The summed E-state index contributed by atoms with van der Waals surface area (Å²) in [5, 5.41) is 2.73. The van der Waals surface area contributed by atoms with Gasteiger partial charge in [-0.1, -0.05) is 35.4 Å². The molecule has 10 heteroatoms. The van der Waals surface area contributed by atoms with Gasteiger partial charge in [0.05, 0.1) is 40.6 Å².